The molecule has 1 saturated heterocycles. The number of hydrogen-bond acceptors (Lipinski definition) is 3. The van der Waals surface area contributed by atoms with Gasteiger partial charge in [-0.1, -0.05) is 26.7 Å². The van der Waals surface area contributed by atoms with Crippen LogP contribution in [0.3, 0.4) is 0 Å². The summed E-state index contributed by atoms with van der Waals surface area (Å²) in [5.41, 5.74) is 0.419. The highest BCUT2D eigenvalue weighted by Gasteiger charge is 2.37. The first-order chi connectivity index (χ1) is 9.70. The monoisotopic (exact) mass is 280 g/mol. The maximum absolute atomic E-state index is 6.01. The van der Waals surface area contributed by atoms with Crippen LogP contribution in [0, 0.1) is 5.41 Å². The molecule has 3 rings (SSSR count). The molecule has 3 fully saturated rings. The molecule has 0 spiro atoms. The number of nitrogens with one attached hydrogen (secondary N) is 1. The van der Waals surface area contributed by atoms with Crippen LogP contribution >= 0.6 is 0 Å². The van der Waals surface area contributed by atoms with Gasteiger partial charge in [0.25, 0.3) is 0 Å². The Bertz CT molecular complexity index is 316. The van der Waals surface area contributed by atoms with Crippen LogP contribution in [0.25, 0.3) is 0 Å². The minimum absolute atomic E-state index is 0.419. The van der Waals surface area contributed by atoms with E-state index in [2.05, 4.69) is 24.1 Å². The molecule has 3 heteroatoms. The Morgan fingerprint density at radius 1 is 1.20 bits per heavy atom. The molecular formula is C17H32N2O. The van der Waals surface area contributed by atoms with E-state index in [1.807, 2.05) is 0 Å². The third-order valence-corrected chi connectivity index (χ3v) is 5.68. The summed E-state index contributed by atoms with van der Waals surface area (Å²) in [6, 6.07) is 1.53. The quantitative estimate of drug-likeness (QED) is 0.810. The highest BCUT2D eigenvalue weighted by Crippen LogP contribution is 2.32. The normalized spacial score (nSPS) is 34.5. The van der Waals surface area contributed by atoms with Gasteiger partial charge >= 0.3 is 0 Å². The minimum Gasteiger partial charge on any atom is -0.375 e. The van der Waals surface area contributed by atoms with Crippen molar-refractivity contribution in [2.45, 2.75) is 77.0 Å². The van der Waals surface area contributed by atoms with Gasteiger partial charge in [0.1, 0.15) is 0 Å². The first-order valence-corrected chi connectivity index (χ1v) is 8.79. The van der Waals surface area contributed by atoms with Crippen LogP contribution in [0.2, 0.25) is 0 Å². The minimum atomic E-state index is 0.419. The zero-order valence-corrected chi connectivity index (χ0v) is 13.4. The fourth-order valence-electron chi connectivity index (χ4n) is 3.83. The van der Waals surface area contributed by atoms with E-state index in [0.717, 1.165) is 19.2 Å². The zero-order chi connectivity index (χ0) is 14.0. The van der Waals surface area contributed by atoms with Crippen LogP contribution < -0.4 is 5.32 Å². The molecular weight excluding hydrogens is 248 g/mol. The third-order valence-electron chi connectivity index (χ3n) is 5.68. The molecule has 3 atom stereocenters. The summed E-state index contributed by atoms with van der Waals surface area (Å²) in [5, 5.41) is 3.75. The van der Waals surface area contributed by atoms with E-state index in [4.69, 9.17) is 4.74 Å². The summed E-state index contributed by atoms with van der Waals surface area (Å²) in [7, 11) is 0. The van der Waals surface area contributed by atoms with E-state index in [0.29, 0.717) is 17.6 Å². The number of rotatable bonds is 6. The lowest BCUT2D eigenvalue weighted by atomic mass is 9.83. The molecule has 1 heterocycles. The molecule has 0 bridgehead atoms. The molecule has 0 amide bonds. The third kappa shape index (κ3) is 3.55. The Morgan fingerprint density at radius 2 is 2.00 bits per heavy atom. The molecule has 1 N–H and O–H groups in total. The molecule has 0 aromatic rings. The average Bonchev–Trinajstić information content (AvgIpc) is 3.30. The molecule has 0 aromatic carbocycles. The number of nitrogens with zero attached hydrogens (tertiary/aromatic N) is 1. The largest absolute Gasteiger partial charge is 0.375 e. The molecule has 3 nitrogen and oxygen atoms in total. The van der Waals surface area contributed by atoms with Crippen molar-refractivity contribution in [3.8, 4) is 0 Å². The first kappa shape index (κ1) is 14.8. The zero-order valence-electron chi connectivity index (χ0n) is 13.4. The average molecular weight is 280 g/mol. The maximum Gasteiger partial charge on any atom is 0.0730 e. The van der Waals surface area contributed by atoms with Crippen molar-refractivity contribution in [2.24, 2.45) is 5.41 Å². The molecule has 3 aliphatic rings. The molecule has 20 heavy (non-hydrogen) atoms. The van der Waals surface area contributed by atoms with Crippen LogP contribution in [0.1, 0.15) is 58.8 Å². The van der Waals surface area contributed by atoms with Crippen LogP contribution in [-0.4, -0.2) is 49.3 Å². The summed E-state index contributed by atoms with van der Waals surface area (Å²) in [6.45, 7) is 9.33. The van der Waals surface area contributed by atoms with Gasteiger partial charge in [-0.25, -0.2) is 0 Å². The lowest BCUT2D eigenvalue weighted by Gasteiger charge is -2.47. The fraction of sp³-hybridized carbons (Fsp3) is 1.00. The van der Waals surface area contributed by atoms with Gasteiger partial charge in [0, 0.05) is 31.7 Å². The summed E-state index contributed by atoms with van der Waals surface area (Å²) >= 11 is 0. The van der Waals surface area contributed by atoms with Gasteiger partial charge < -0.3 is 10.1 Å². The highest BCUT2D eigenvalue weighted by molar-refractivity contribution is 4.92. The van der Waals surface area contributed by atoms with Crippen molar-refractivity contribution >= 4 is 0 Å². The second-order valence-electron chi connectivity index (χ2n) is 7.55. The standard InChI is InChI=1S/C17H32N2O/c1-3-17(2,12-18-14-8-9-14)13-19-10-11-20-16-7-5-4-6-15(16)19/h14-16,18H,3-13H2,1-2H3. The van der Waals surface area contributed by atoms with Crippen molar-refractivity contribution in [1.82, 2.24) is 10.2 Å². The van der Waals surface area contributed by atoms with Gasteiger partial charge in [-0.05, 0) is 37.5 Å². The highest BCUT2D eigenvalue weighted by atomic mass is 16.5. The molecule has 116 valence electrons. The topological polar surface area (TPSA) is 24.5 Å². The Morgan fingerprint density at radius 3 is 2.75 bits per heavy atom. The molecule has 1 aliphatic heterocycles. The Labute approximate surface area is 124 Å². The van der Waals surface area contributed by atoms with Gasteiger partial charge in [-0.15, -0.1) is 0 Å². The van der Waals surface area contributed by atoms with Gasteiger partial charge in [0.2, 0.25) is 0 Å². The number of hydrogen-bond donors (Lipinski definition) is 1. The second kappa shape index (κ2) is 6.33. The van der Waals surface area contributed by atoms with Crippen molar-refractivity contribution in [1.29, 1.82) is 0 Å². The number of fused-ring (bicyclic) bond motifs is 1. The summed E-state index contributed by atoms with van der Waals surface area (Å²) < 4.78 is 6.01. The summed E-state index contributed by atoms with van der Waals surface area (Å²) in [4.78, 5) is 2.76. The molecule has 3 unspecified atom stereocenters. The number of morpholine rings is 1. The first-order valence-electron chi connectivity index (χ1n) is 8.79. The van der Waals surface area contributed by atoms with E-state index in [1.54, 1.807) is 0 Å². The van der Waals surface area contributed by atoms with E-state index in [1.165, 1.54) is 58.0 Å². The van der Waals surface area contributed by atoms with Crippen LogP contribution in [0.15, 0.2) is 0 Å². The lowest BCUT2D eigenvalue weighted by molar-refractivity contribution is -0.0979. The van der Waals surface area contributed by atoms with Crippen molar-refractivity contribution in [3.63, 3.8) is 0 Å². The predicted octanol–water partition coefficient (Wildman–Crippen LogP) is 2.80. The van der Waals surface area contributed by atoms with Crippen LogP contribution in [0.5, 0.6) is 0 Å². The van der Waals surface area contributed by atoms with Crippen LogP contribution in [-0.2, 0) is 4.74 Å². The molecule has 2 saturated carbocycles. The smallest absolute Gasteiger partial charge is 0.0730 e. The maximum atomic E-state index is 6.01. The predicted molar refractivity (Wildman–Crippen MR) is 83.0 cm³/mol. The van der Waals surface area contributed by atoms with Crippen molar-refractivity contribution < 1.29 is 4.74 Å². The summed E-state index contributed by atoms with van der Waals surface area (Å²) in [5.74, 6) is 0. The van der Waals surface area contributed by atoms with Gasteiger partial charge in [0.05, 0.1) is 12.7 Å². The van der Waals surface area contributed by atoms with Gasteiger partial charge in [-0.3, -0.25) is 4.90 Å². The van der Waals surface area contributed by atoms with Gasteiger partial charge in [-0.2, -0.15) is 0 Å². The van der Waals surface area contributed by atoms with E-state index >= 15 is 0 Å². The van der Waals surface area contributed by atoms with Crippen molar-refractivity contribution in [2.75, 3.05) is 26.2 Å². The lowest BCUT2D eigenvalue weighted by Crippen LogP contribution is -2.56. The Kier molecular flexibility index (Phi) is 4.68. The number of ether oxygens (including phenoxy) is 1. The van der Waals surface area contributed by atoms with E-state index < -0.39 is 0 Å². The Balaban J connectivity index is 1.57. The van der Waals surface area contributed by atoms with Gasteiger partial charge in [0.15, 0.2) is 0 Å². The SMILES string of the molecule is CCC(C)(CNC1CC1)CN1CCOC2CCCCC21. The Hall–Kier alpha value is -0.120. The molecule has 0 aromatic heterocycles. The summed E-state index contributed by atoms with van der Waals surface area (Å²) in [6.07, 6.45) is 9.96. The van der Waals surface area contributed by atoms with Crippen molar-refractivity contribution in [3.05, 3.63) is 0 Å². The van der Waals surface area contributed by atoms with Crippen LogP contribution in [0.4, 0.5) is 0 Å². The fourth-order valence-corrected chi connectivity index (χ4v) is 3.83. The molecule has 2 aliphatic carbocycles. The van der Waals surface area contributed by atoms with E-state index in [9.17, 15) is 0 Å². The molecule has 0 radical (unpaired) electrons. The van der Waals surface area contributed by atoms with E-state index in [-0.39, 0.29) is 0 Å². The second-order valence-corrected chi connectivity index (χ2v) is 7.55.